The molecule has 0 spiro atoms. The maximum absolute atomic E-state index is 12.4. The van der Waals surface area contributed by atoms with E-state index < -0.39 is 0 Å². The zero-order valence-corrected chi connectivity index (χ0v) is 14.7. The van der Waals surface area contributed by atoms with E-state index in [-0.39, 0.29) is 24.5 Å². The Labute approximate surface area is 151 Å². The number of amides is 1. The molecule has 0 radical (unpaired) electrons. The number of oxazole rings is 1. The monoisotopic (exact) mass is 348 g/mol. The number of aromatic nitrogens is 1. The number of hydrogen-bond donors (Lipinski definition) is 1. The number of hydrogen-bond acceptors (Lipinski definition) is 4. The molecule has 0 fully saturated rings. The maximum atomic E-state index is 12.4. The van der Waals surface area contributed by atoms with E-state index in [0.717, 1.165) is 19.3 Å². The molecule has 1 aliphatic carbocycles. The highest BCUT2D eigenvalue weighted by Crippen LogP contribution is 2.24. The lowest BCUT2D eigenvalue weighted by molar-refractivity contribution is -0.116. The first-order valence-electron chi connectivity index (χ1n) is 8.90. The van der Waals surface area contributed by atoms with Crippen LogP contribution in [0.25, 0.3) is 11.1 Å². The summed E-state index contributed by atoms with van der Waals surface area (Å²) in [6.07, 6.45) is 3.66. The number of fused-ring (bicyclic) bond motifs is 2. The smallest absolute Gasteiger partial charge is 0.224 e. The van der Waals surface area contributed by atoms with Crippen molar-refractivity contribution in [2.24, 2.45) is 0 Å². The molecule has 132 valence electrons. The fraction of sp³-hybridized carbons (Fsp3) is 0.286. The van der Waals surface area contributed by atoms with Gasteiger partial charge in [-0.3, -0.25) is 9.59 Å². The number of ketones is 1. The highest BCUT2D eigenvalue weighted by atomic mass is 16.3. The second-order valence-electron chi connectivity index (χ2n) is 6.72. The molecule has 0 saturated carbocycles. The number of Topliss-reactive ketones (excluding diaryl/α,β-unsaturated/α-hetero) is 1. The maximum Gasteiger partial charge on any atom is 0.224 e. The van der Waals surface area contributed by atoms with E-state index in [1.165, 1.54) is 11.1 Å². The molecule has 0 bridgehead atoms. The van der Waals surface area contributed by atoms with Gasteiger partial charge in [-0.2, -0.15) is 0 Å². The van der Waals surface area contributed by atoms with E-state index in [9.17, 15) is 9.59 Å². The van der Waals surface area contributed by atoms with Crippen molar-refractivity contribution in [2.75, 3.05) is 5.32 Å². The van der Waals surface area contributed by atoms with Crippen LogP contribution in [0.2, 0.25) is 0 Å². The Kier molecular flexibility index (Phi) is 4.29. The Hall–Kier alpha value is -2.95. The van der Waals surface area contributed by atoms with Gasteiger partial charge in [0, 0.05) is 31.0 Å². The van der Waals surface area contributed by atoms with Crippen LogP contribution in [0.15, 0.2) is 40.8 Å². The number of carbonyl (C=O) groups is 2. The van der Waals surface area contributed by atoms with Crippen molar-refractivity contribution >= 4 is 28.5 Å². The predicted octanol–water partition coefficient (Wildman–Crippen LogP) is 4.23. The summed E-state index contributed by atoms with van der Waals surface area (Å²) in [6, 6.07) is 11.2. The van der Waals surface area contributed by atoms with Crippen LogP contribution in [0.5, 0.6) is 0 Å². The van der Waals surface area contributed by atoms with Crippen molar-refractivity contribution in [3.63, 3.8) is 0 Å². The van der Waals surface area contributed by atoms with Gasteiger partial charge in [-0.05, 0) is 54.7 Å². The van der Waals surface area contributed by atoms with Crippen LogP contribution in [0.1, 0.15) is 46.6 Å². The number of nitrogens with zero attached hydrogens (tertiary/aromatic N) is 1. The summed E-state index contributed by atoms with van der Waals surface area (Å²) in [7, 11) is 0. The SMILES string of the molecule is Cc1nc2cc(NC(=O)CCC(=O)c3ccc4c(c3)CCC4)ccc2o1. The van der Waals surface area contributed by atoms with Crippen LogP contribution in [0.4, 0.5) is 5.69 Å². The summed E-state index contributed by atoms with van der Waals surface area (Å²) in [4.78, 5) is 28.8. The Morgan fingerprint density at radius 2 is 1.92 bits per heavy atom. The molecule has 5 nitrogen and oxygen atoms in total. The van der Waals surface area contributed by atoms with E-state index in [1.54, 1.807) is 25.1 Å². The van der Waals surface area contributed by atoms with Crippen LogP contribution in [-0.2, 0) is 17.6 Å². The zero-order valence-electron chi connectivity index (χ0n) is 14.7. The van der Waals surface area contributed by atoms with Crippen LogP contribution in [-0.4, -0.2) is 16.7 Å². The van der Waals surface area contributed by atoms with Crippen molar-refractivity contribution in [3.8, 4) is 0 Å². The molecule has 3 aromatic rings. The lowest BCUT2D eigenvalue weighted by Crippen LogP contribution is -2.13. The van der Waals surface area contributed by atoms with E-state index >= 15 is 0 Å². The molecule has 1 aliphatic rings. The van der Waals surface area contributed by atoms with Crippen molar-refractivity contribution in [1.82, 2.24) is 4.98 Å². The number of rotatable bonds is 5. The summed E-state index contributed by atoms with van der Waals surface area (Å²) in [5.41, 5.74) is 5.37. The van der Waals surface area contributed by atoms with Gasteiger partial charge in [0.05, 0.1) is 0 Å². The van der Waals surface area contributed by atoms with E-state index in [1.807, 2.05) is 18.2 Å². The van der Waals surface area contributed by atoms with Gasteiger partial charge in [-0.15, -0.1) is 0 Å². The first-order valence-corrected chi connectivity index (χ1v) is 8.90. The molecule has 4 rings (SSSR count). The summed E-state index contributed by atoms with van der Waals surface area (Å²) < 4.78 is 5.42. The molecular weight excluding hydrogens is 328 g/mol. The standard InChI is InChI=1S/C21H20N2O3/c1-13-22-18-12-17(7-9-20(18)26-13)23-21(25)10-8-19(24)16-6-5-14-3-2-4-15(14)11-16/h5-7,9,11-12H,2-4,8,10H2,1H3,(H,23,25). The van der Waals surface area contributed by atoms with Gasteiger partial charge in [0.15, 0.2) is 17.3 Å². The van der Waals surface area contributed by atoms with Crippen LogP contribution in [0.3, 0.4) is 0 Å². The van der Waals surface area contributed by atoms with E-state index in [4.69, 9.17) is 4.42 Å². The molecule has 0 unspecified atom stereocenters. The van der Waals surface area contributed by atoms with Gasteiger partial charge >= 0.3 is 0 Å². The van der Waals surface area contributed by atoms with Crippen molar-refractivity contribution < 1.29 is 14.0 Å². The fourth-order valence-electron chi connectivity index (χ4n) is 3.46. The molecule has 2 aromatic carbocycles. The Morgan fingerprint density at radius 1 is 1.08 bits per heavy atom. The number of anilines is 1. The topological polar surface area (TPSA) is 72.2 Å². The molecule has 1 heterocycles. The number of nitrogens with one attached hydrogen (secondary N) is 1. The molecular formula is C21H20N2O3. The summed E-state index contributed by atoms with van der Waals surface area (Å²) in [6.45, 7) is 1.78. The average molecular weight is 348 g/mol. The third kappa shape index (κ3) is 3.38. The van der Waals surface area contributed by atoms with Gasteiger partial charge in [-0.1, -0.05) is 12.1 Å². The van der Waals surface area contributed by atoms with Gasteiger partial charge in [-0.25, -0.2) is 4.98 Å². The molecule has 5 heteroatoms. The predicted molar refractivity (Wildman–Crippen MR) is 99.4 cm³/mol. The fourth-order valence-corrected chi connectivity index (χ4v) is 3.46. The van der Waals surface area contributed by atoms with Crippen molar-refractivity contribution in [3.05, 3.63) is 59.0 Å². The van der Waals surface area contributed by atoms with E-state index in [2.05, 4.69) is 10.3 Å². The van der Waals surface area contributed by atoms with Gasteiger partial charge in [0.1, 0.15) is 5.52 Å². The minimum absolute atomic E-state index is 0.0115. The Bertz CT molecular complexity index is 1000. The molecule has 1 aromatic heterocycles. The van der Waals surface area contributed by atoms with Crippen LogP contribution in [0, 0.1) is 6.92 Å². The van der Waals surface area contributed by atoms with Gasteiger partial charge < -0.3 is 9.73 Å². The second kappa shape index (κ2) is 6.75. The lowest BCUT2D eigenvalue weighted by Gasteiger charge is -2.06. The van der Waals surface area contributed by atoms with Crippen LogP contribution >= 0.6 is 0 Å². The number of benzene rings is 2. The van der Waals surface area contributed by atoms with E-state index in [0.29, 0.717) is 28.2 Å². The second-order valence-corrected chi connectivity index (χ2v) is 6.72. The highest BCUT2D eigenvalue weighted by Gasteiger charge is 2.15. The number of carbonyl (C=O) groups excluding carboxylic acids is 2. The first kappa shape index (κ1) is 16.5. The van der Waals surface area contributed by atoms with Gasteiger partial charge in [0.2, 0.25) is 5.91 Å². The number of aryl methyl sites for hydroxylation is 3. The molecule has 0 saturated heterocycles. The van der Waals surface area contributed by atoms with Crippen molar-refractivity contribution in [1.29, 1.82) is 0 Å². The zero-order chi connectivity index (χ0) is 18.1. The first-order chi connectivity index (χ1) is 12.6. The molecule has 26 heavy (non-hydrogen) atoms. The molecule has 1 amide bonds. The third-order valence-electron chi connectivity index (χ3n) is 4.78. The van der Waals surface area contributed by atoms with Crippen LogP contribution < -0.4 is 5.32 Å². The molecule has 0 aliphatic heterocycles. The summed E-state index contributed by atoms with van der Waals surface area (Å²) in [5.74, 6) is 0.417. The average Bonchev–Trinajstić information content (AvgIpc) is 3.23. The van der Waals surface area contributed by atoms with Gasteiger partial charge in [0.25, 0.3) is 0 Å². The van der Waals surface area contributed by atoms with Crippen molar-refractivity contribution in [2.45, 2.75) is 39.0 Å². The Morgan fingerprint density at radius 3 is 2.81 bits per heavy atom. The minimum Gasteiger partial charge on any atom is -0.441 e. The minimum atomic E-state index is -0.181. The normalized spacial score (nSPS) is 13.0. The highest BCUT2D eigenvalue weighted by molar-refractivity contribution is 6.00. The Balaban J connectivity index is 1.36. The third-order valence-corrected chi connectivity index (χ3v) is 4.78. The lowest BCUT2D eigenvalue weighted by atomic mass is 10.0. The molecule has 1 N–H and O–H groups in total. The quantitative estimate of drug-likeness (QED) is 0.701. The molecule has 0 atom stereocenters. The largest absolute Gasteiger partial charge is 0.441 e. The summed E-state index contributed by atoms with van der Waals surface area (Å²) in [5, 5.41) is 2.82. The summed E-state index contributed by atoms with van der Waals surface area (Å²) >= 11 is 0.